The van der Waals surface area contributed by atoms with Crippen LogP contribution in [0.4, 0.5) is 5.82 Å². The average Bonchev–Trinajstić information content (AvgIpc) is 2.99. The number of aromatic amines is 1. The van der Waals surface area contributed by atoms with Crippen molar-refractivity contribution in [3.63, 3.8) is 0 Å². The second-order valence-corrected chi connectivity index (χ2v) is 7.41. The molecule has 4 fully saturated rings. The molecule has 0 amide bonds. The van der Waals surface area contributed by atoms with E-state index in [0.29, 0.717) is 34.6 Å². The summed E-state index contributed by atoms with van der Waals surface area (Å²) in [5, 5.41) is 11.2. The van der Waals surface area contributed by atoms with E-state index in [9.17, 15) is 5.11 Å². The number of hydrogen-bond donors (Lipinski definition) is 3. The van der Waals surface area contributed by atoms with E-state index in [4.69, 9.17) is 5.73 Å². The van der Waals surface area contributed by atoms with E-state index in [2.05, 4.69) is 31.8 Å². The zero-order valence-corrected chi connectivity index (χ0v) is 12.8. The monoisotopic (exact) mass is 309 g/mol. The van der Waals surface area contributed by atoms with Crippen molar-refractivity contribution in [1.29, 1.82) is 0 Å². The van der Waals surface area contributed by atoms with Gasteiger partial charge in [-0.1, -0.05) is 5.92 Å². The standard InChI is InChI=1S/C17H19N5O/c18-15-14-16(20-8-19-14)22-13(21-15)1-2-17(23)11-4-9-3-10(6-11)7-12(17)5-9/h8-12,23H,3-7H2,(H3,18,19,20,21,22). The van der Waals surface area contributed by atoms with Crippen molar-refractivity contribution in [3.05, 3.63) is 12.2 Å². The molecule has 4 aliphatic carbocycles. The molecule has 6 heteroatoms. The molecule has 0 aliphatic heterocycles. The van der Waals surface area contributed by atoms with Gasteiger partial charge in [-0.2, -0.15) is 4.98 Å². The van der Waals surface area contributed by atoms with Crippen molar-refractivity contribution >= 4 is 17.0 Å². The van der Waals surface area contributed by atoms with Crippen LogP contribution in [0.5, 0.6) is 0 Å². The normalized spacial score (nSPS) is 37.8. The minimum absolute atomic E-state index is 0.303. The maximum Gasteiger partial charge on any atom is 0.209 e. The summed E-state index contributed by atoms with van der Waals surface area (Å²) >= 11 is 0. The lowest BCUT2D eigenvalue weighted by Crippen LogP contribution is -2.56. The first-order chi connectivity index (χ1) is 11.1. The fourth-order valence-electron chi connectivity index (χ4n) is 5.17. The Hall–Kier alpha value is -2.13. The third-order valence-corrected chi connectivity index (χ3v) is 6.07. The van der Waals surface area contributed by atoms with E-state index < -0.39 is 5.60 Å². The fraction of sp³-hybridized carbons (Fsp3) is 0.588. The SMILES string of the molecule is Nc1nc(C#CC2(O)C3CC4CC(C3)CC2C4)nc2nc[nH]c12. The average molecular weight is 309 g/mol. The summed E-state index contributed by atoms with van der Waals surface area (Å²) in [7, 11) is 0. The Morgan fingerprint density at radius 3 is 2.52 bits per heavy atom. The molecule has 4 bridgehead atoms. The largest absolute Gasteiger partial charge is 0.382 e. The summed E-state index contributed by atoms with van der Waals surface area (Å²) in [6, 6.07) is 0. The maximum atomic E-state index is 11.2. The van der Waals surface area contributed by atoms with Crippen molar-refractivity contribution in [3.8, 4) is 11.8 Å². The number of imidazole rings is 1. The Kier molecular flexibility index (Phi) is 2.58. The number of aliphatic hydroxyl groups is 1. The van der Waals surface area contributed by atoms with Crippen molar-refractivity contribution in [2.45, 2.75) is 37.7 Å². The molecule has 2 aromatic rings. The van der Waals surface area contributed by atoms with Gasteiger partial charge in [0.25, 0.3) is 0 Å². The number of aromatic nitrogens is 4. The van der Waals surface area contributed by atoms with Gasteiger partial charge < -0.3 is 15.8 Å². The molecule has 4 aliphatic rings. The molecule has 118 valence electrons. The third kappa shape index (κ3) is 1.89. The van der Waals surface area contributed by atoms with Gasteiger partial charge in [0.2, 0.25) is 5.82 Å². The highest BCUT2D eigenvalue weighted by atomic mass is 16.3. The van der Waals surface area contributed by atoms with Crippen LogP contribution in [0.1, 0.15) is 37.9 Å². The minimum Gasteiger partial charge on any atom is -0.382 e. The Labute approximate surface area is 133 Å². The molecule has 6 nitrogen and oxygen atoms in total. The van der Waals surface area contributed by atoms with Gasteiger partial charge in [-0.25, -0.2) is 9.97 Å². The summed E-state index contributed by atoms with van der Waals surface area (Å²) in [4.78, 5) is 15.5. The molecule has 0 radical (unpaired) electrons. The number of anilines is 1. The summed E-state index contributed by atoms with van der Waals surface area (Å²) < 4.78 is 0. The lowest BCUT2D eigenvalue weighted by molar-refractivity contribution is -0.136. The van der Waals surface area contributed by atoms with E-state index in [1.54, 1.807) is 0 Å². The minimum atomic E-state index is -0.883. The number of nitrogens with zero attached hydrogens (tertiary/aromatic N) is 3. The first-order valence-electron chi connectivity index (χ1n) is 8.34. The van der Waals surface area contributed by atoms with Crippen LogP contribution >= 0.6 is 0 Å². The molecule has 0 spiro atoms. The van der Waals surface area contributed by atoms with Gasteiger partial charge in [-0.15, -0.1) is 0 Å². The lowest BCUT2D eigenvalue weighted by atomic mass is 9.50. The highest BCUT2D eigenvalue weighted by Gasteiger charge is 2.55. The van der Waals surface area contributed by atoms with Crippen LogP contribution in [0.2, 0.25) is 0 Å². The molecule has 4 N–H and O–H groups in total. The Morgan fingerprint density at radius 1 is 1.13 bits per heavy atom. The van der Waals surface area contributed by atoms with E-state index in [1.807, 2.05) is 0 Å². The van der Waals surface area contributed by atoms with Crippen molar-refractivity contribution in [1.82, 2.24) is 19.9 Å². The van der Waals surface area contributed by atoms with Gasteiger partial charge in [0.15, 0.2) is 11.5 Å². The van der Waals surface area contributed by atoms with E-state index in [1.165, 1.54) is 12.7 Å². The van der Waals surface area contributed by atoms with Crippen molar-refractivity contribution < 1.29 is 5.11 Å². The third-order valence-electron chi connectivity index (χ3n) is 6.07. The number of nitrogens with two attached hydrogens (primary N) is 1. The first kappa shape index (κ1) is 13.3. The van der Waals surface area contributed by atoms with Gasteiger partial charge in [0.05, 0.1) is 6.33 Å². The zero-order chi connectivity index (χ0) is 15.6. The molecule has 2 aromatic heterocycles. The van der Waals surface area contributed by atoms with Crippen molar-refractivity contribution in [2.75, 3.05) is 5.73 Å². The van der Waals surface area contributed by atoms with E-state index in [0.717, 1.165) is 37.5 Å². The highest BCUT2D eigenvalue weighted by molar-refractivity contribution is 5.81. The van der Waals surface area contributed by atoms with Gasteiger partial charge in [0, 0.05) is 0 Å². The second-order valence-electron chi connectivity index (χ2n) is 7.41. The Bertz CT molecular complexity index is 818. The smallest absolute Gasteiger partial charge is 0.209 e. The van der Waals surface area contributed by atoms with Gasteiger partial charge in [-0.05, 0) is 61.7 Å². The fourth-order valence-corrected chi connectivity index (χ4v) is 5.17. The zero-order valence-electron chi connectivity index (χ0n) is 12.8. The maximum absolute atomic E-state index is 11.2. The van der Waals surface area contributed by atoms with Crippen LogP contribution in [-0.4, -0.2) is 30.6 Å². The van der Waals surface area contributed by atoms with E-state index >= 15 is 0 Å². The summed E-state index contributed by atoms with van der Waals surface area (Å²) in [6.45, 7) is 0. The molecule has 0 unspecified atom stereocenters. The topological polar surface area (TPSA) is 101 Å². The van der Waals surface area contributed by atoms with Crippen LogP contribution in [0.3, 0.4) is 0 Å². The number of H-pyrrole nitrogens is 1. The first-order valence-corrected chi connectivity index (χ1v) is 8.34. The molecule has 0 aromatic carbocycles. The predicted molar refractivity (Wildman–Crippen MR) is 85.0 cm³/mol. The van der Waals surface area contributed by atoms with Crippen LogP contribution in [0.25, 0.3) is 11.2 Å². The molecule has 2 heterocycles. The second kappa shape index (κ2) is 4.45. The van der Waals surface area contributed by atoms with Gasteiger partial charge in [-0.3, -0.25) is 0 Å². The quantitative estimate of drug-likeness (QED) is 0.640. The predicted octanol–water partition coefficient (Wildman–Crippen LogP) is 1.47. The summed E-state index contributed by atoms with van der Waals surface area (Å²) in [5.74, 6) is 8.99. The van der Waals surface area contributed by atoms with Gasteiger partial charge >= 0.3 is 0 Å². The van der Waals surface area contributed by atoms with Gasteiger partial charge in [0.1, 0.15) is 11.1 Å². The molecule has 0 saturated heterocycles. The highest BCUT2D eigenvalue weighted by Crippen LogP contribution is 2.58. The van der Waals surface area contributed by atoms with Crippen LogP contribution < -0.4 is 5.73 Å². The number of nitrogens with one attached hydrogen (secondary N) is 1. The van der Waals surface area contributed by atoms with E-state index in [-0.39, 0.29) is 0 Å². The lowest BCUT2D eigenvalue weighted by Gasteiger charge is -2.56. The Morgan fingerprint density at radius 2 is 1.83 bits per heavy atom. The van der Waals surface area contributed by atoms with Crippen LogP contribution in [0, 0.1) is 35.5 Å². The number of rotatable bonds is 0. The molecule has 23 heavy (non-hydrogen) atoms. The number of hydrogen-bond acceptors (Lipinski definition) is 5. The number of fused-ring (bicyclic) bond motifs is 1. The van der Waals surface area contributed by atoms with Crippen LogP contribution in [0.15, 0.2) is 6.33 Å². The molecular formula is C17H19N5O. The Balaban J connectivity index is 1.52. The summed E-state index contributed by atoms with van der Waals surface area (Å²) in [5.41, 5.74) is 6.17. The molecule has 4 saturated carbocycles. The molecular weight excluding hydrogens is 290 g/mol. The number of nitrogen functional groups attached to an aromatic ring is 1. The molecule has 6 rings (SSSR count). The summed E-state index contributed by atoms with van der Waals surface area (Å²) in [6.07, 6.45) is 7.34. The van der Waals surface area contributed by atoms with Crippen LogP contribution in [-0.2, 0) is 0 Å². The van der Waals surface area contributed by atoms with Crippen molar-refractivity contribution in [2.24, 2.45) is 23.7 Å². The molecule has 0 atom stereocenters.